The lowest BCUT2D eigenvalue weighted by atomic mass is 9.95. The predicted molar refractivity (Wildman–Crippen MR) is 213 cm³/mol. The summed E-state index contributed by atoms with van der Waals surface area (Å²) in [4.78, 5) is 0. The van der Waals surface area contributed by atoms with E-state index in [4.69, 9.17) is 0 Å². The third-order valence-corrected chi connectivity index (χ3v) is 10.5. The molecule has 236 valence electrons. The lowest BCUT2D eigenvalue weighted by Gasteiger charge is -2.18. The third kappa shape index (κ3) is 4.64. The first-order valence-corrected chi connectivity index (χ1v) is 17.5. The molecule has 0 saturated heterocycles. The summed E-state index contributed by atoms with van der Waals surface area (Å²) < 4.78 is 4.90. The van der Waals surface area contributed by atoms with Gasteiger partial charge < -0.3 is 9.13 Å². The highest BCUT2D eigenvalue weighted by Crippen LogP contribution is 2.40. The number of fused-ring (bicyclic) bond motifs is 6. The number of para-hydroxylation sites is 2. The molecular formula is C48H34N2. The van der Waals surface area contributed by atoms with Crippen LogP contribution in [0.1, 0.15) is 18.4 Å². The highest BCUT2D eigenvalue weighted by molar-refractivity contribution is 6.13. The normalized spacial score (nSPS) is 13.3. The molecule has 2 aromatic heterocycles. The van der Waals surface area contributed by atoms with Crippen LogP contribution in [0.15, 0.2) is 182 Å². The molecule has 10 rings (SSSR count). The Hall–Kier alpha value is -6.38. The third-order valence-electron chi connectivity index (χ3n) is 10.5. The highest BCUT2D eigenvalue weighted by atomic mass is 15.0. The Morgan fingerprint density at radius 1 is 0.320 bits per heavy atom. The molecule has 0 fully saturated rings. The average molecular weight is 639 g/mol. The van der Waals surface area contributed by atoms with Crippen LogP contribution in [0, 0.1) is 0 Å². The largest absolute Gasteiger partial charge is 0.313 e. The van der Waals surface area contributed by atoms with E-state index in [1.807, 2.05) is 0 Å². The first kappa shape index (κ1) is 28.6. The van der Waals surface area contributed by atoms with Crippen molar-refractivity contribution in [3.05, 3.63) is 188 Å². The van der Waals surface area contributed by atoms with Crippen molar-refractivity contribution in [1.29, 1.82) is 0 Å². The van der Waals surface area contributed by atoms with Gasteiger partial charge in [-0.05, 0) is 94.8 Å². The fourth-order valence-corrected chi connectivity index (χ4v) is 8.03. The smallest absolute Gasteiger partial charge is 0.0544 e. The van der Waals surface area contributed by atoms with Gasteiger partial charge in [0.1, 0.15) is 0 Å². The number of nitrogens with zero attached hydrogens (tertiary/aromatic N) is 2. The minimum atomic E-state index is 0.997. The summed E-state index contributed by atoms with van der Waals surface area (Å²) in [5.74, 6) is 0. The molecule has 0 atom stereocenters. The molecule has 0 N–H and O–H groups in total. The maximum absolute atomic E-state index is 2.50. The van der Waals surface area contributed by atoms with Gasteiger partial charge in [0.15, 0.2) is 0 Å². The Labute approximate surface area is 291 Å². The maximum atomic E-state index is 2.50. The Morgan fingerprint density at radius 3 is 1.58 bits per heavy atom. The minimum absolute atomic E-state index is 0.997. The van der Waals surface area contributed by atoms with Crippen LogP contribution in [0.2, 0.25) is 0 Å². The van der Waals surface area contributed by atoms with Gasteiger partial charge in [-0.2, -0.15) is 0 Å². The molecule has 2 heteroatoms. The van der Waals surface area contributed by atoms with E-state index < -0.39 is 0 Å². The van der Waals surface area contributed by atoms with Crippen molar-refractivity contribution in [1.82, 2.24) is 9.13 Å². The molecule has 0 aliphatic heterocycles. The molecule has 0 bridgehead atoms. The van der Waals surface area contributed by atoms with E-state index in [-0.39, 0.29) is 0 Å². The van der Waals surface area contributed by atoms with E-state index in [0.717, 1.165) is 12.8 Å². The van der Waals surface area contributed by atoms with Crippen LogP contribution in [0.3, 0.4) is 0 Å². The minimum Gasteiger partial charge on any atom is -0.313 e. The SMILES string of the molecule is C1=C(c2ccccc2)CCC(n2c3ccccc3c3ccc(-c4ccc5c(c4)c4ccccc4n5-c4ccc(-c5ccccc5)cc4)cc32)=C1. The topological polar surface area (TPSA) is 9.86 Å². The summed E-state index contributed by atoms with van der Waals surface area (Å²) >= 11 is 0. The summed E-state index contributed by atoms with van der Waals surface area (Å²) in [5.41, 5.74) is 15.1. The number of aromatic nitrogens is 2. The molecule has 2 heterocycles. The highest BCUT2D eigenvalue weighted by Gasteiger charge is 2.18. The van der Waals surface area contributed by atoms with Crippen molar-refractivity contribution in [2.45, 2.75) is 12.8 Å². The zero-order valence-electron chi connectivity index (χ0n) is 27.6. The van der Waals surface area contributed by atoms with E-state index in [9.17, 15) is 0 Å². The summed E-state index contributed by atoms with van der Waals surface area (Å²) in [5, 5.41) is 5.11. The van der Waals surface area contributed by atoms with Gasteiger partial charge in [-0.25, -0.2) is 0 Å². The first-order chi connectivity index (χ1) is 24.8. The van der Waals surface area contributed by atoms with Gasteiger partial charge in [0.05, 0.1) is 22.1 Å². The monoisotopic (exact) mass is 638 g/mol. The van der Waals surface area contributed by atoms with Gasteiger partial charge >= 0.3 is 0 Å². The van der Waals surface area contributed by atoms with Crippen molar-refractivity contribution in [3.8, 4) is 27.9 Å². The van der Waals surface area contributed by atoms with Crippen molar-refractivity contribution in [3.63, 3.8) is 0 Å². The van der Waals surface area contributed by atoms with Crippen LogP contribution in [-0.4, -0.2) is 9.13 Å². The Morgan fingerprint density at radius 2 is 0.860 bits per heavy atom. The van der Waals surface area contributed by atoms with Crippen LogP contribution in [0.4, 0.5) is 0 Å². The second-order valence-corrected chi connectivity index (χ2v) is 13.3. The van der Waals surface area contributed by atoms with E-state index in [1.165, 1.54) is 88.4 Å². The molecule has 0 amide bonds. The molecule has 7 aromatic carbocycles. The summed E-state index contributed by atoms with van der Waals surface area (Å²) in [6.07, 6.45) is 6.67. The quantitative estimate of drug-likeness (QED) is 0.178. The molecule has 0 spiro atoms. The number of hydrogen-bond donors (Lipinski definition) is 0. The van der Waals surface area contributed by atoms with Gasteiger partial charge in [0, 0.05) is 32.9 Å². The Balaban J connectivity index is 1.10. The van der Waals surface area contributed by atoms with Crippen LogP contribution in [0.5, 0.6) is 0 Å². The lowest BCUT2D eigenvalue weighted by molar-refractivity contribution is 0.992. The molecular weight excluding hydrogens is 605 g/mol. The molecule has 1 aliphatic rings. The van der Waals surface area contributed by atoms with Gasteiger partial charge in [-0.1, -0.05) is 133 Å². The van der Waals surface area contributed by atoms with Crippen molar-refractivity contribution >= 4 is 54.9 Å². The average Bonchev–Trinajstić information content (AvgIpc) is 3.71. The van der Waals surface area contributed by atoms with Crippen molar-refractivity contribution < 1.29 is 0 Å². The zero-order valence-corrected chi connectivity index (χ0v) is 27.6. The molecule has 0 unspecified atom stereocenters. The second kappa shape index (κ2) is 11.6. The lowest BCUT2D eigenvalue weighted by Crippen LogP contribution is -2.01. The number of allylic oxidation sites excluding steroid dienone is 4. The molecule has 0 radical (unpaired) electrons. The standard InChI is InChI=1S/C48H34N2/c1-3-11-33(12-4-1)35-19-25-39(26-20-35)49-46-18-10-8-16-42(46)44-31-37(24-30-47(44)49)38-23-29-43-41-15-7-9-17-45(41)50(48(43)32-38)40-27-21-36(22-28-40)34-13-5-2-6-14-34/h1-21,23-27,29-32H,22,28H2. The molecule has 50 heavy (non-hydrogen) atoms. The van der Waals surface area contributed by atoms with Crippen molar-refractivity contribution in [2.24, 2.45) is 0 Å². The zero-order chi connectivity index (χ0) is 33.0. The van der Waals surface area contributed by atoms with E-state index >= 15 is 0 Å². The number of hydrogen-bond acceptors (Lipinski definition) is 0. The molecule has 0 saturated carbocycles. The second-order valence-electron chi connectivity index (χ2n) is 13.3. The van der Waals surface area contributed by atoms with Crippen LogP contribution in [-0.2, 0) is 0 Å². The molecule has 9 aromatic rings. The van der Waals surface area contributed by atoms with Gasteiger partial charge in [0.2, 0.25) is 0 Å². The predicted octanol–water partition coefficient (Wildman–Crippen LogP) is 12.9. The maximum Gasteiger partial charge on any atom is 0.0544 e. The van der Waals surface area contributed by atoms with E-state index in [2.05, 4.69) is 191 Å². The fraction of sp³-hybridized carbons (Fsp3) is 0.0417. The van der Waals surface area contributed by atoms with E-state index in [0.29, 0.717) is 0 Å². The van der Waals surface area contributed by atoms with E-state index in [1.54, 1.807) is 0 Å². The Kier molecular flexibility index (Phi) is 6.67. The molecule has 2 nitrogen and oxygen atoms in total. The number of rotatable bonds is 5. The van der Waals surface area contributed by atoms with Crippen LogP contribution < -0.4 is 0 Å². The summed E-state index contributed by atoms with van der Waals surface area (Å²) in [7, 11) is 0. The fourth-order valence-electron chi connectivity index (χ4n) is 8.03. The summed E-state index contributed by atoms with van der Waals surface area (Å²) in [6.45, 7) is 0. The summed E-state index contributed by atoms with van der Waals surface area (Å²) in [6, 6.07) is 61.9. The van der Waals surface area contributed by atoms with Crippen LogP contribution >= 0.6 is 0 Å². The number of benzene rings is 7. The van der Waals surface area contributed by atoms with Gasteiger partial charge in [-0.3, -0.25) is 0 Å². The van der Waals surface area contributed by atoms with Crippen molar-refractivity contribution in [2.75, 3.05) is 0 Å². The van der Waals surface area contributed by atoms with Gasteiger partial charge in [0.25, 0.3) is 0 Å². The first-order valence-electron chi connectivity index (χ1n) is 17.5. The Bertz CT molecular complexity index is 2770. The van der Waals surface area contributed by atoms with Crippen LogP contribution in [0.25, 0.3) is 82.8 Å². The van der Waals surface area contributed by atoms with Gasteiger partial charge in [-0.15, -0.1) is 0 Å². The molecule has 1 aliphatic carbocycles.